The standard InChI is InChI=1S/C18H20N6O3/c1-11-17(12(2)27-23-11)22-18(25)21-13-3-4-16-15(7-13)24(5-6-26-16)9-14-8-19-10-20-14/h3-4,7-8,10H,5-6,9H2,1-2H3,(H,19,20)(H2,21,22,25). The van der Waals surface area contributed by atoms with Crippen LogP contribution in [0.15, 0.2) is 35.2 Å². The van der Waals surface area contributed by atoms with Crippen LogP contribution >= 0.6 is 0 Å². The largest absolute Gasteiger partial charge is 0.490 e. The van der Waals surface area contributed by atoms with E-state index in [9.17, 15) is 4.79 Å². The average molecular weight is 368 g/mol. The Balaban J connectivity index is 1.50. The average Bonchev–Trinajstić information content (AvgIpc) is 3.27. The van der Waals surface area contributed by atoms with Crippen molar-refractivity contribution in [3.63, 3.8) is 0 Å². The fraction of sp³-hybridized carbons (Fsp3) is 0.278. The van der Waals surface area contributed by atoms with Gasteiger partial charge >= 0.3 is 6.03 Å². The molecule has 2 amide bonds. The molecule has 0 spiro atoms. The van der Waals surface area contributed by atoms with E-state index >= 15 is 0 Å². The van der Waals surface area contributed by atoms with Crippen molar-refractivity contribution in [2.45, 2.75) is 20.4 Å². The third-order valence-corrected chi connectivity index (χ3v) is 4.36. The van der Waals surface area contributed by atoms with Gasteiger partial charge in [0.1, 0.15) is 23.7 Å². The molecule has 3 aromatic rings. The fourth-order valence-electron chi connectivity index (χ4n) is 3.03. The van der Waals surface area contributed by atoms with Crippen molar-refractivity contribution in [2.24, 2.45) is 0 Å². The van der Waals surface area contributed by atoms with Crippen molar-refractivity contribution in [1.82, 2.24) is 15.1 Å². The van der Waals surface area contributed by atoms with Gasteiger partial charge in [-0.15, -0.1) is 0 Å². The Bertz CT molecular complexity index is 931. The van der Waals surface area contributed by atoms with Crippen molar-refractivity contribution in [3.8, 4) is 5.75 Å². The number of imidazole rings is 1. The van der Waals surface area contributed by atoms with Gasteiger partial charge in [-0.1, -0.05) is 5.16 Å². The van der Waals surface area contributed by atoms with Crippen LogP contribution in [-0.2, 0) is 6.54 Å². The van der Waals surface area contributed by atoms with Crippen LogP contribution in [0.4, 0.5) is 21.9 Å². The van der Waals surface area contributed by atoms with E-state index in [1.54, 1.807) is 26.4 Å². The lowest BCUT2D eigenvalue weighted by Gasteiger charge is -2.31. The Hall–Kier alpha value is -3.49. The van der Waals surface area contributed by atoms with Gasteiger partial charge in [0, 0.05) is 11.9 Å². The van der Waals surface area contributed by atoms with E-state index in [4.69, 9.17) is 9.26 Å². The highest BCUT2D eigenvalue weighted by Gasteiger charge is 2.20. The molecule has 4 rings (SSSR count). The smallest absolute Gasteiger partial charge is 0.323 e. The Labute approximate surface area is 155 Å². The molecule has 0 radical (unpaired) electrons. The summed E-state index contributed by atoms with van der Waals surface area (Å²) in [5.74, 6) is 1.35. The van der Waals surface area contributed by atoms with Gasteiger partial charge in [-0.2, -0.15) is 0 Å². The number of aromatic nitrogens is 3. The van der Waals surface area contributed by atoms with Gasteiger partial charge in [0.05, 0.1) is 30.8 Å². The number of hydrogen-bond acceptors (Lipinski definition) is 6. The van der Waals surface area contributed by atoms with Crippen molar-refractivity contribution in [1.29, 1.82) is 0 Å². The van der Waals surface area contributed by atoms with Crippen molar-refractivity contribution in [2.75, 3.05) is 28.7 Å². The maximum absolute atomic E-state index is 12.3. The first-order chi connectivity index (χ1) is 13.1. The van der Waals surface area contributed by atoms with Crippen LogP contribution in [0.1, 0.15) is 17.1 Å². The van der Waals surface area contributed by atoms with Gasteiger partial charge in [0.25, 0.3) is 0 Å². The SMILES string of the molecule is Cc1noc(C)c1NC(=O)Nc1ccc2c(c1)N(Cc1cnc[nH]1)CCO2. The number of hydrogen-bond donors (Lipinski definition) is 3. The first kappa shape index (κ1) is 17.0. The lowest BCUT2D eigenvalue weighted by molar-refractivity contribution is 0.262. The highest BCUT2D eigenvalue weighted by Crippen LogP contribution is 2.35. The minimum Gasteiger partial charge on any atom is -0.490 e. The molecule has 9 nitrogen and oxygen atoms in total. The highest BCUT2D eigenvalue weighted by molar-refractivity contribution is 6.00. The van der Waals surface area contributed by atoms with Crippen molar-refractivity contribution >= 4 is 23.1 Å². The second-order valence-electron chi connectivity index (χ2n) is 6.31. The van der Waals surface area contributed by atoms with Gasteiger partial charge in [-0.05, 0) is 32.0 Å². The molecule has 1 aliphatic rings. The van der Waals surface area contributed by atoms with Crippen LogP contribution in [0.3, 0.4) is 0 Å². The number of nitrogens with zero attached hydrogens (tertiary/aromatic N) is 3. The zero-order valence-corrected chi connectivity index (χ0v) is 15.1. The van der Waals surface area contributed by atoms with Crippen LogP contribution in [-0.4, -0.2) is 34.3 Å². The molecule has 27 heavy (non-hydrogen) atoms. The molecule has 0 aliphatic carbocycles. The van der Waals surface area contributed by atoms with Gasteiger partial charge in [-0.25, -0.2) is 9.78 Å². The summed E-state index contributed by atoms with van der Waals surface area (Å²) in [6.07, 6.45) is 3.46. The third kappa shape index (κ3) is 3.57. The first-order valence-electron chi connectivity index (χ1n) is 8.60. The van der Waals surface area contributed by atoms with Gasteiger partial charge < -0.3 is 29.8 Å². The number of rotatable bonds is 4. The fourth-order valence-corrected chi connectivity index (χ4v) is 3.03. The van der Waals surface area contributed by atoms with E-state index in [0.29, 0.717) is 36.0 Å². The molecule has 1 aliphatic heterocycles. The molecule has 3 heterocycles. The number of ether oxygens (including phenoxy) is 1. The second kappa shape index (κ2) is 7.02. The molecule has 0 saturated carbocycles. The molecule has 9 heteroatoms. The Morgan fingerprint density at radius 2 is 2.22 bits per heavy atom. The summed E-state index contributed by atoms with van der Waals surface area (Å²) < 4.78 is 10.8. The number of amides is 2. The number of fused-ring (bicyclic) bond motifs is 1. The Kier molecular flexibility index (Phi) is 4.41. The summed E-state index contributed by atoms with van der Waals surface area (Å²) in [6.45, 7) is 5.57. The van der Waals surface area contributed by atoms with E-state index in [0.717, 1.165) is 23.7 Å². The Morgan fingerprint density at radius 1 is 1.33 bits per heavy atom. The lowest BCUT2D eigenvalue weighted by atomic mass is 10.2. The minimum absolute atomic E-state index is 0.360. The van der Waals surface area contributed by atoms with Crippen LogP contribution in [0, 0.1) is 13.8 Å². The number of aryl methyl sites for hydroxylation is 2. The van der Waals surface area contributed by atoms with Crippen LogP contribution in [0.25, 0.3) is 0 Å². The number of carbonyl (C=O) groups excluding carboxylic acids is 1. The number of benzene rings is 1. The molecule has 0 atom stereocenters. The molecule has 140 valence electrons. The second-order valence-corrected chi connectivity index (χ2v) is 6.31. The number of nitrogens with one attached hydrogen (secondary N) is 3. The number of aromatic amines is 1. The molecular formula is C18H20N6O3. The van der Waals surface area contributed by atoms with Gasteiger partial charge in [0.2, 0.25) is 0 Å². The van der Waals surface area contributed by atoms with Gasteiger partial charge in [0.15, 0.2) is 5.76 Å². The number of urea groups is 1. The zero-order valence-electron chi connectivity index (χ0n) is 15.1. The van der Waals surface area contributed by atoms with E-state index in [2.05, 4.69) is 30.7 Å². The topological polar surface area (TPSA) is 108 Å². The molecule has 3 N–H and O–H groups in total. The third-order valence-electron chi connectivity index (χ3n) is 4.36. The van der Waals surface area contributed by atoms with Crippen LogP contribution in [0.2, 0.25) is 0 Å². The number of H-pyrrole nitrogens is 1. The number of carbonyl (C=O) groups is 1. The quantitative estimate of drug-likeness (QED) is 0.653. The molecule has 0 saturated heterocycles. The predicted octanol–water partition coefficient (Wildman–Crippen LogP) is 3.06. The first-order valence-corrected chi connectivity index (χ1v) is 8.60. The summed E-state index contributed by atoms with van der Waals surface area (Å²) in [5, 5.41) is 9.44. The van der Waals surface area contributed by atoms with Crippen molar-refractivity contribution < 1.29 is 14.1 Å². The van der Waals surface area contributed by atoms with E-state index in [-0.39, 0.29) is 6.03 Å². The van der Waals surface area contributed by atoms with Gasteiger partial charge in [-0.3, -0.25) is 0 Å². The van der Waals surface area contributed by atoms with E-state index < -0.39 is 0 Å². The number of anilines is 3. The molecule has 0 fully saturated rings. The summed E-state index contributed by atoms with van der Waals surface area (Å²) in [5.41, 5.74) is 3.81. The van der Waals surface area contributed by atoms with E-state index in [1.807, 2.05) is 18.2 Å². The Morgan fingerprint density at radius 3 is 2.96 bits per heavy atom. The maximum atomic E-state index is 12.3. The van der Waals surface area contributed by atoms with Crippen LogP contribution < -0.4 is 20.3 Å². The van der Waals surface area contributed by atoms with Crippen molar-refractivity contribution in [3.05, 3.63) is 47.9 Å². The normalized spacial score (nSPS) is 13.0. The minimum atomic E-state index is -0.360. The summed E-state index contributed by atoms with van der Waals surface area (Å²) in [6, 6.07) is 5.21. The summed E-state index contributed by atoms with van der Waals surface area (Å²) in [7, 11) is 0. The molecule has 2 aromatic heterocycles. The zero-order chi connectivity index (χ0) is 18.8. The maximum Gasteiger partial charge on any atom is 0.323 e. The molecule has 0 bridgehead atoms. The van der Waals surface area contributed by atoms with Crippen LogP contribution in [0.5, 0.6) is 5.75 Å². The predicted molar refractivity (Wildman–Crippen MR) is 100 cm³/mol. The highest BCUT2D eigenvalue weighted by atomic mass is 16.5. The molecule has 1 aromatic carbocycles. The molecular weight excluding hydrogens is 348 g/mol. The summed E-state index contributed by atoms with van der Waals surface area (Å²) in [4.78, 5) is 21.7. The van der Waals surface area contributed by atoms with E-state index in [1.165, 1.54) is 0 Å². The lowest BCUT2D eigenvalue weighted by Crippen LogP contribution is -2.32. The molecule has 0 unspecified atom stereocenters. The monoisotopic (exact) mass is 368 g/mol. The summed E-state index contributed by atoms with van der Waals surface area (Å²) >= 11 is 0.